The fourth-order valence-corrected chi connectivity index (χ4v) is 5.10. The molecule has 3 N–H and O–H groups in total. The highest BCUT2D eigenvalue weighted by atomic mass is 35.5. The summed E-state index contributed by atoms with van der Waals surface area (Å²) in [4.78, 5) is 36.7. The van der Waals surface area contributed by atoms with Gasteiger partial charge in [0.2, 0.25) is 5.91 Å². The molecule has 3 rings (SSSR count). The third-order valence-electron chi connectivity index (χ3n) is 6.11. The summed E-state index contributed by atoms with van der Waals surface area (Å²) in [5.74, 6) is -3.12. The van der Waals surface area contributed by atoms with Crippen molar-refractivity contribution in [2.75, 3.05) is 6.61 Å². The second-order valence-electron chi connectivity index (χ2n) is 8.33. The predicted molar refractivity (Wildman–Crippen MR) is 112 cm³/mol. The second kappa shape index (κ2) is 8.68. The Morgan fingerprint density at radius 2 is 1.63 bits per heavy atom. The number of carbonyl (C=O) groups is 3. The van der Waals surface area contributed by atoms with Crippen LogP contribution in [0.5, 0.6) is 5.75 Å². The molecule has 162 valence electrons. The van der Waals surface area contributed by atoms with Crippen molar-refractivity contribution < 1.29 is 24.2 Å². The maximum Gasteiger partial charge on any atom is 0.307 e. The maximum atomic E-state index is 12.8. The van der Waals surface area contributed by atoms with Gasteiger partial charge in [0.15, 0.2) is 6.61 Å². The Morgan fingerprint density at radius 1 is 1.07 bits per heavy atom. The zero-order valence-corrected chi connectivity index (χ0v) is 18.3. The van der Waals surface area contributed by atoms with Gasteiger partial charge in [0, 0.05) is 5.02 Å². The van der Waals surface area contributed by atoms with E-state index in [1.165, 1.54) is 0 Å². The molecule has 2 fully saturated rings. The lowest BCUT2D eigenvalue weighted by molar-refractivity contribution is -0.150. The number of carbonyl (C=O) groups excluding carboxylic acids is 2. The third-order valence-corrected chi connectivity index (χ3v) is 6.71. The van der Waals surface area contributed by atoms with E-state index in [2.05, 4.69) is 10.9 Å². The van der Waals surface area contributed by atoms with Gasteiger partial charge in [-0.05, 0) is 75.6 Å². The number of carboxylic acids is 1. The Hall–Kier alpha value is -2.54. The molecule has 0 saturated heterocycles. The molecule has 4 unspecified atom stereocenters. The third kappa shape index (κ3) is 4.17. The summed E-state index contributed by atoms with van der Waals surface area (Å²) >= 11 is 6.12. The van der Waals surface area contributed by atoms with Gasteiger partial charge in [-0.3, -0.25) is 25.2 Å². The molecule has 2 aliphatic rings. The Kier molecular flexibility index (Phi) is 6.41. The highest BCUT2D eigenvalue weighted by Crippen LogP contribution is 2.57. The number of hydrogen-bond acceptors (Lipinski definition) is 4. The number of fused-ring (bicyclic) bond motifs is 2. The smallest absolute Gasteiger partial charge is 0.307 e. The number of rotatable bonds is 5. The highest BCUT2D eigenvalue weighted by molar-refractivity contribution is 6.32. The van der Waals surface area contributed by atoms with E-state index < -0.39 is 29.6 Å². The van der Waals surface area contributed by atoms with Gasteiger partial charge in [-0.1, -0.05) is 22.7 Å². The van der Waals surface area contributed by atoms with Crippen LogP contribution in [-0.4, -0.2) is 29.5 Å². The molecule has 30 heavy (non-hydrogen) atoms. The molecule has 0 radical (unpaired) electrons. The first-order valence-corrected chi connectivity index (χ1v) is 10.4. The number of carboxylic acid groups (broad SMARTS) is 1. The largest absolute Gasteiger partial charge is 0.484 e. The molecule has 0 aromatic heterocycles. The van der Waals surface area contributed by atoms with Crippen LogP contribution in [0.4, 0.5) is 0 Å². The first kappa shape index (κ1) is 22.2. The molecule has 2 saturated carbocycles. The molecule has 1 aromatic rings. The number of nitrogens with one attached hydrogen (secondary N) is 2. The average molecular weight is 435 g/mol. The Balaban J connectivity index is 1.59. The molecule has 2 aliphatic carbocycles. The SMILES string of the molecule is CC(C)=C1C2CCC1C(C(=O)NNC(=O)COc1cc(C)c(Cl)c(C)c1)C2C(=O)O. The van der Waals surface area contributed by atoms with Crippen LogP contribution in [0.1, 0.15) is 37.8 Å². The van der Waals surface area contributed by atoms with Crippen molar-refractivity contribution in [3.63, 3.8) is 0 Å². The number of amides is 2. The molecule has 7 nitrogen and oxygen atoms in total. The van der Waals surface area contributed by atoms with E-state index in [1.54, 1.807) is 12.1 Å². The van der Waals surface area contributed by atoms with Crippen LogP contribution in [-0.2, 0) is 14.4 Å². The quantitative estimate of drug-likeness (QED) is 0.487. The summed E-state index contributed by atoms with van der Waals surface area (Å²) in [7, 11) is 0. The van der Waals surface area contributed by atoms with Crippen molar-refractivity contribution in [1.82, 2.24) is 10.9 Å². The van der Waals surface area contributed by atoms with Gasteiger partial charge in [0.1, 0.15) is 5.75 Å². The summed E-state index contributed by atoms with van der Waals surface area (Å²) in [6.07, 6.45) is 1.57. The average Bonchev–Trinajstić information content (AvgIpc) is 3.25. The minimum absolute atomic E-state index is 0.0886. The van der Waals surface area contributed by atoms with Gasteiger partial charge in [-0.2, -0.15) is 0 Å². The fraction of sp³-hybridized carbons (Fsp3) is 0.500. The van der Waals surface area contributed by atoms with Gasteiger partial charge < -0.3 is 9.84 Å². The molecular formula is C22H27ClN2O5. The van der Waals surface area contributed by atoms with Gasteiger partial charge in [-0.25, -0.2) is 0 Å². The van der Waals surface area contributed by atoms with Crippen molar-refractivity contribution in [2.45, 2.75) is 40.5 Å². The van der Waals surface area contributed by atoms with Crippen molar-refractivity contribution in [2.24, 2.45) is 23.7 Å². The zero-order valence-electron chi connectivity index (χ0n) is 17.5. The first-order valence-electron chi connectivity index (χ1n) is 10.00. The van der Waals surface area contributed by atoms with Crippen molar-refractivity contribution in [3.05, 3.63) is 39.4 Å². The number of hydrogen-bond donors (Lipinski definition) is 3. The Morgan fingerprint density at radius 3 is 2.17 bits per heavy atom. The molecular weight excluding hydrogens is 408 g/mol. The lowest BCUT2D eigenvalue weighted by atomic mass is 9.79. The van der Waals surface area contributed by atoms with E-state index in [-0.39, 0.29) is 18.4 Å². The van der Waals surface area contributed by atoms with E-state index in [0.717, 1.165) is 35.1 Å². The minimum atomic E-state index is -0.968. The van der Waals surface area contributed by atoms with E-state index in [0.29, 0.717) is 10.8 Å². The van der Waals surface area contributed by atoms with Crippen LogP contribution in [0.15, 0.2) is 23.3 Å². The summed E-state index contributed by atoms with van der Waals surface area (Å²) in [5, 5.41) is 10.3. The zero-order chi connectivity index (χ0) is 22.2. The van der Waals surface area contributed by atoms with Crippen LogP contribution < -0.4 is 15.6 Å². The first-order chi connectivity index (χ1) is 14.1. The van der Waals surface area contributed by atoms with Crippen LogP contribution in [0.3, 0.4) is 0 Å². The molecule has 0 spiro atoms. The summed E-state index contributed by atoms with van der Waals surface area (Å²) in [5.41, 5.74) is 8.58. The molecule has 4 atom stereocenters. The number of ether oxygens (including phenoxy) is 1. The fourth-order valence-electron chi connectivity index (χ4n) is 4.99. The number of benzene rings is 1. The topological polar surface area (TPSA) is 105 Å². The normalized spacial score (nSPS) is 24.5. The van der Waals surface area contributed by atoms with Crippen LogP contribution in [0.2, 0.25) is 5.02 Å². The van der Waals surface area contributed by atoms with Crippen LogP contribution in [0.25, 0.3) is 0 Å². The van der Waals surface area contributed by atoms with E-state index in [9.17, 15) is 19.5 Å². The maximum absolute atomic E-state index is 12.8. The van der Waals surface area contributed by atoms with Crippen LogP contribution >= 0.6 is 11.6 Å². The molecule has 0 aliphatic heterocycles. The van der Waals surface area contributed by atoms with Gasteiger partial charge in [0.25, 0.3) is 5.91 Å². The summed E-state index contributed by atoms with van der Waals surface area (Å²) in [6.45, 7) is 7.31. The van der Waals surface area contributed by atoms with Crippen molar-refractivity contribution in [1.29, 1.82) is 0 Å². The lowest BCUT2D eigenvalue weighted by Crippen LogP contribution is -2.49. The lowest BCUT2D eigenvalue weighted by Gasteiger charge is -2.26. The van der Waals surface area contributed by atoms with Gasteiger partial charge in [0.05, 0.1) is 11.8 Å². The number of halogens is 1. The van der Waals surface area contributed by atoms with E-state index in [4.69, 9.17) is 16.3 Å². The monoisotopic (exact) mass is 434 g/mol. The number of aryl methyl sites for hydroxylation is 2. The van der Waals surface area contributed by atoms with Crippen molar-refractivity contribution in [3.8, 4) is 5.75 Å². The van der Waals surface area contributed by atoms with Gasteiger partial charge >= 0.3 is 5.97 Å². The molecule has 8 heteroatoms. The summed E-state index contributed by atoms with van der Waals surface area (Å²) < 4.78 is 5.48. The summed E-state index contributed by atoms with van der Waals surface area (Å²) in [6, 6.07) is 3.46. The molecule has 2 amide bonds. The number of hydrazine groups is 1. The van der Waals surface area contributed by atoms with E-state index in [1.807, 2.05) is 27.7 Å². The van der Waals surface area contributed by atoms with Gasteiger partial charge in [-0.15, -0.1) is 0 Å². The number of aliphatic carboxylic acids is 1. The van der Waals surface area contributed by atoms with E-state index >= 15 is 0 Å². The standard InChI is InChI=1S/C22H27ClN2O5/c1-10(2)17-14-5-6-15(17)19(22(28)29)18(14)21(27)25-24-16(26)9-30-13-7-11(3)20(23)12(4)8-13/h7-8,14-15,18-19H,5-6,9H2,1-4H3,(H,24,26)(H,25,27)(H,28,29). The molecule has 1 aromatic carbocycles. The van der Waals surface area contributed by atoms with Crippen LogP contribution in [0, 0.1) is 37.5 Å². The predicted octanol–water partition coefficient (Wildman–Crippen LogP) is 3.18. The Labute approximate surface area is 180 Å². The second-order valence-corrected chi connectivity index (χ2v) is 8.71. The van der Waals surface area contributed by atoms with Crippen molar-refractivity contribution >= 4 is 29.4 Å². The minimum Gasteiger partial charge on any atom is -0.484 e. The number of allylic oxidation sites excluding steroid dienone is 2. The Bertz CT molecular complexity index is 899. The molecule has 0 heterocycles. The molecule has 2 bridgehead atoms. The highest BCUT2D eigenvalue weighted by Gasteiger charge is 2.57.